The minimum Gasteiger partial charge on any atom is -0.496 e. The highest BCUT2D eigenvalue weighted by Gasteiger charge is 2.54. The summed E-state index contributed by atoms with van der Waals surface area (Å²) in [7, 11) is 3.03. The van der Waals surface area contributed by atoms with E-state index in [1.807, 2.05) is 18.2 Å². The third-order valence-electron chi connectivity index (χ3n) is 3.00. The number of carbonyl (C=O) groups excluding carboxylic acids is 1. The fourth-order valence-electron chi connectivity index (χ4n) is 1.96. The molecule has 0 N–H and O–H groups in total. The van der Waals surface area contributed by atoms with Gasteiger partial charge in [0.1, 0.15) is 5.75 Å². The average Bonchev–Trinajstić information content (AvgIpc) is 3.09. The third kappa shape index (κ3) is 1.71. The first-order valence-electron chi connectivity index (χ1n) is 5.06. The van der Waals surface area contributed by atoms with Crippen LogP contribution in [0.4, 0.5) is 0 Å². The quantitative estimate of drug-likeness (QED) is 0.801. The number of benzene rings is 1. The molecule has 0 aromatic heterocycles. The molecular weight excluding hydrogens is 272 g/mol. The van der Waals surface area contributed by atoms with E-state index in [1.165, 1.54) is 7.11 Å². The molecule has 4 heteroatoms. The first-order chi connectivity index (χ1) is 7.64. The first kappa shape index (κ1) is 11.5. The molecular formula is C12H13BrO3. The molecule has 0 atom stereocenters. The Morgan fingerprint density at radius 1 is 1.38 bits per heavy atom. The number of hydrogen-bond acceptors (Lipinski definition) is 3. The molecule has 0 saturated heterocycles. The Kier molecular flexibility index (Phi) is 2.93. The minimum atomic E-state index is -0.482. The van der Waals surface area contributed by atoms with Crippen LogP contribution >= 0.6 is 15.9 Å². The van der Waals surface area contributed by atoms with Crippen molar-refractivity contribution in [2.75, 3.05) is 14.2 Å². The van der Waals surface area contributed by atoms with Crippen molar-refractivity contribution < 1.29 is 14.3 Å². The van der Waals surface area contributed by atoms with Gasteiger partial charge in [-0.15, -0.1) is 0 Å². The average molecular weight is 285 g/mol. The molecule has 0 amide bonds. The molecule has 0 spiro atoms. The maximum Gasteiger partial charge on any atom is 0.316 e. The van der Waals surface area contributed by atoms with Crippen LogP contribution in [0.2, 0.25) is 0 Å². The second-order valence-electron chi connectivity index (χ2n) is 3.92. The maximum atomic E-state index is 11.8. The van der Waals surface area contributed by atoms with E-state index in [0.717, 1.165) is 28.6 Å². The smallest absolute Gasteiger partial charge is 0.316 e. The van der Waals surface area contributed by atoms with Gasteiger partial charge in [0.2, 0.25) is 0 Å². The number of esters is 1. The van der Waals surface area contributed by atoms with Crippen molar-refractivity contribution in [2.45, 2.75) is 18.3 Å². The van der Waals surface area contributed by atoms with Gasteiger partial charge in [-0.05, 0) is 31.0 Å². The van der Waals surface area contributed by atoms with E-state index in [4.69, 9.17) is 9.47 Å². The summed E-state index contributed by atoms with van der Waals surface area (Å²) >= 11 is 3.41. The summed E-state index contributed by atoms with van der Waals surface area (Å²) < 4.78 is 11.1. The molecule has 1 aromatic rings. The lowest BCUT2D eigenvalue weighted by atomic mass is 9.95. The van der Waals surface area contributed by atoms with Crippen LogP contribution in [0, 0.1) is 0 Å². The standard InChI is InChI=1S/C12H13BrO3/c1-15-10-4-3-8(13)7-9(10)12(5-6-12)11(14)16-2/h3-4,7H,5-6H2,1-2H3. The number of hydrogen-bond donors (Lipinski definition) is 0. The van der Waals surface area contributed by atoms with E-state index in [2.05, 4.69) is 15.9 Å². The van der Waals surface area contributed by atoms with Crippen molar-refractivity contribution in [3.8, 4) is 5.75 Å². The van der Waals surface area contributed by atoms with E-state index in [-0.39, 0.29) is 5.97 Å². The Labute approximate surface area is 103 Å². The molecule has 0 bridgehead atoms. The topological polar surface area (TPSA) is 35.5 Å². The van der Waals surface area contributed by atoms with E-state index in [9.17, 15) is 4.79 Å². The van der Waals surface area contributed by atoms with Gasteiger partial charge in [-0.25, -0.2) is 0 Å². The van der Waals surface area contributed by atoms with Crippen molar-refractivity contribution in [3.05, 3.63) is 28.2 Å². The van der Waals surface area contributed by atoms with Crippen molar-refractivity contribution in [1.82, 2.24) is 0 Å². The van der Waals surface area contributed by atoms with Gasteiger partial charge < -0.3 is 9.47 Å². The summed E-state index contributed by atoms with van der Waals surface area (Å²) in [5.41, 5.74) is 0.431. The van der Waals surface area contributed by atoms with Crippen LogP contribution < -0.4 is 4.74 Å². The number of methoxy groups -OCH3 is 2. The largest absolute Gasteiger partial charge is 0.496 e. The molecule has 1 fully saturated rings. The molecule has 0 heterocycles. The first-order valence-corrected chi connectivity index (χ1v) is 5.86. The fourth-order valence-corrected chi connectivity index (χ4v) is 2.32. The molecule has 0 aliphatic heterocycles. The number of carbonyl (C=O) groups is 1. The molecule has 2 rings (SSSR count). The number of ether oxygens (including phenoxy) is 2. The van der Waals surface area contributed by atoms with Crippen LogP contribution in [0.25, 0.3) is 0 Å². The monoisotopic (exact) mass is 284 g/mol. The summed E-state index contributed by atoms with van der Waals surface area (Å²) in [6.07, 6.45) is 1.65. The molecule has 3 nitrogen and oxygen atoms in total. The molecule has 0 radical (unpaired) electrons. The molecule has 1 aliphatic rings. The highest BCUT2D eigenvalue weighted by atomic mass is 79.9. The van der Waals surface area contributed by atoms with Gasteiger partial charge in [-0.2, -0.15) is 0 Å². The number of halogens is 1. The van der Waals surface area contributed by atoms with E-state index in [1.54, 1.807) is 7.11 Å². The molecule has 1 aromatic carbocycles. The second kappa shape index (κ2) is 4.09. The third-order valence-corrected chi connectivity index (χ3v) is 3.50. The lowest BCUT2D eigenvalue weighted by Gasteiger charge is -2.16. The molecule has 1 aliphatic carbocycles. The number of rotatable bonds is 3. The maximum absolute atomic E-state index is 11.8. The van der Waals surface area contributed by atoms with Crippen LogP contribution in [-0.4, -0.2) is 20.2 Å². The van der Waals surface area contributed by atoms with Crippen LogP contribution in [-0.2, 0) is 14.9 Å². The summed E-state index contributed by atoms with van der Waals surface area (Å²) in [5, 5.41) is 0. The summed E-state index contributed by atoms with van der Waals surface area (Å²) in [4.78, 5) is 11.8. The van der Waals surface area contributed by atoms with Crippen molar-refractivity contribution in [3.63, 3.8) is 0 Å². The van der Waals surface area contributed by atoms with Gasteiger partial charge in [0.25, 0.3) is 0 Å². The predicted molar refractivity (Wildman–Crippen MR) is 63.6 cm³/mol. The van der Waals surface area contributed by atoms with Crippen LogP contribution in [0.15, 0.2) is 22.7 Å². The van der Waals surface area contributed by atoms with Crippen LogP contribution in [0.5, 0.6) is 5.75 Å². The Balaban J connectivity index is 2.47. The van der Waals surface area contributed by atoms with Gasteiger partial charge in [0, 0.05) is 10.0 Å². The van der Waals surface area contributed by atoms with E-state index < -0.39 is 5.41 Å². The van der Waals surface area contributed by atoms with Gasteiger partial charge in [0.15, 0.2) is 0 Å². The van der Waals surface area contributed by atoms with Crippen LogP contribution in [0.3, 0.4) is 0 Å². The van der Waals surface area contributed by atoms with E-state index >= 15 is 0 Å². The Morgan fingerprint density at radius 3 is 2.56 bits per heavy atom. The summed E-state index contributed by atoms with van der Waals surface area (Å²) in [6, 6.07) is 5.70. The summed E-state index contributed by atoms with van der Waals surface area (Å²) in [6.45, 7) is 0. The second-order valence-corrected chi connectivity index (χ2v) is 4.83. The molecule has 0 unspecified atom stereocenters. The van der Waals surface area contributed by atoms with Crippen molar-refractivity contribution in [1.29, 1.82) is 0 Å². The summed E-state index contributed by atoms with van der Waals surface area (Å²) in [5.74, 6) is 0.565. The molecule has 86 valence electrons. The molecule has 16 heavy (non-hydrogen) atoms. The lowest BCUT2D eigenvalue weighted by Crippen LogP contribution is -2.22. The zero-order valence-electron chi connectivity index (χ0n) is 9.25. The predicted octanol–water partition coefficient (Wildman–Crippen LogP) is 2.66. The van der Waals surface area contributed by atoms with Gasteiger partial charge in [0.05, 0.1) is 19.6 Å². The van der Waals surface area contributed by atoms with Gasteiger partial charge in [-0.1, -0.05) is 15.9 Å². The van der Waals surface area contributed by atoms with Crippen LogP contribution in [0.1, 0.15) is 18.4 Å². The SMILES string of the molecule is COC(=O)C1(c2cc(Br)ccc2OC)CC1. The van der Waals surface area contributed by atoms with Gasteiger partial charge in [-0.3, -0.25) is 4.79 Å². The fraction of sp³-hybridized carbons (Fsp3) is 0.417. The highest BCUT2D eigenvalue weighted by Crippen LogP contribution is 2.52. The Hall–Kier alpha value is -1.03. The Morgan fingerprint density at radius 2 is 2.06 bits per heavy atom. The van der Waals surface area contributed by atoms with Gasteiger partial charge >= 0.3 is 5.97 Å². The zero-order chi connectivity index (χ0) is 11.8. The normalized spacial score (nSPS) is 16.7. The zero-order valence-corrected chi connectivity index (χ0v) is 10.8. The minimum absolute atomic E-state index is 0.177. The van der Waals surface area contributed by atoms with Crippen molar-refractivity contribution >= 4 is 21.9 Å². The molecule has 1 saturated carbocycles. The highest BCUT2D eigenvalue weighted by molar-refractivity contribution is 9.10. The van der Waals surface area contributed by atoms with Crippen molar-refractivity contribution in [2.24, 2.45) is 0 Å². The Bertz CT molecular complexity index is 424. The lowest BCUT2D eigenvalue weighted by molar-refractivity contribution is -0.143. The van der Waals surface area contributed by atoms with E-state index in [0.29, 0.717) is 0 Å².